The van der Waals surface area contributed by atoms with E-state index in [4.69, 9.17) is 4.74 Å². The number of ether oxygens (including phenoxy) is 1. The summed E-state index contributed by atoms with van der Waals surface area (Å²) in [6.45, 7) is 2.40. The Balaban J connectivity index is 1.27. The van der Waals surface area contributed by atoms with Crippen molar-refractivity contribution in [1.29, 1.82) is 0 Å². The third-order valence-corrected chi connectivity index (χ3v) is 7.55. The number of hydrogen-bond donors (Lipinski definition) is 1. The van der Waals surface area contributed by atoms with Crippen LogP contribution in [0.15, 0.2) is 78.0 Å². The van der Waals surface area contributed by atoms with Gasteiger partial charge in [0.25, 0.3) is 0 Å². The van der Waals surface area contributed by atoms with Crippen molar-refractivity contribution in [2.75, 3.05) is 20.2 Å². The molecule has 198 valence electrons. The Morgan fingerprint density at radius 2 is 1.82 bits per heavy atom. The van der Waals surface area contributed by atoms with Gasteiger partial charge in [-0.15, -0.1) is 0 Å². The largest absolute Gasteiger partial charge is 0.497 e. The molecule has 7 nitrogen and oxygen atoms in total. The molecule has 0 saturated carbocycles. The van der Waals surface area contributed by atoms with E-state index in [0.717, 1.165) is 54.9 Å². The van der Waals surface area contributed by atoms with Gasteiger partial charge in [0.1, 0.15) is 35.3 Å². The number of carbonyl (C=O) groups is 1. The van der Waals surface area contributed by atoms with Gasteiger partial charge in [0.05, 0.1) is 19.4 Å². The number of aliphatic hydroxyl groups excluding tert-OH is 1. The molecule has 0 bridgehead atoms. The zero-order valence-corrected chi connectivity index (χ0v) is 21.6. The van der Waals surface area contributed by atoms with E-state index in [9.17, 15) is 9.90 Å². The Morgan fingerprint density at radius 3 is 2.56 bits per heavy atom. The van der Waals surface area contributed by atoms with Crippen molar-refractivity contribution in [2.45, 2.75) is 31.5 Å². The maximum atomic E-state index is 15.6. The van der Waals surface area contributed by atoms with Crippen LogP contribution in [-0.4, -0.2) is 57.9 Å². The van der Waals surface area contributed by atoms with Crippen LogP contribution < -0.4 is 4.74 Å². The highest BCUT2D eigenvalue weighted by Crippen LogP contribution is 2.34. The standard InChI is InChI=1S/C31H29FN4O3/c1-39-24-9-7-22(8-10-24)36-19-34-28-17-33-29(31(38)30(28)36)26-11-6-20(16-27(26)32)25-5-3-2-4-21(25)18-35-14-12-23(37)13-15-35/h2-11,16-17,19,23,29,37H,12-15,18H2,1H3. The summed E-state index contributed by atoms with van der Waals surface area (Å²) < 4.78 is 22.6. The predicted octanol–water partition coefficient (Wildman–Crippen LogP) is 5.00. The molecule has 1 atom stereocenters. The Hall–Kier alpha value is -4.14. The lowest BCUT2D eigenvalue weighted by molar-refractivity contribution is 0.0793. The number of fused-ring (bicyclic) bond motifs is 1. The van der Waals surface area contributed by atoms with Crippen LogP contribution in [0.4, 0.5) is 4.39 Å². The molecule has 3 aromatic carbocycles. The van der Waals surface area contributed by atoms with Gasteiger partial charge in [0.15, 0.2) is 0 Å². The van der Waals surface area contributed by atoms with Crippen molar-refractivity contribution < 1.29 is 19.0 Å². The average Bonchev–Trinajstić information content (AvgIpc) is 3.40. The molecule has 1 fully saturated rings. The maximum Gasteiger partial charge on any atom is 0.210 e. The van der Waals surface area contributed by atoms with Gasteiger partial charge in [0.2, 0.25) is 5.78 Å². The lowest BCUT2D eigenvalue weighted by Gasteiger charge is -2.30. The Kier molecular flexibility index (Phi) is 6.81. The minimum Gasteiger partial charge on any atom is -0.497 e. The van der Waals surface area contributed by atoms with E-state index in [1.807, 2.05) is 48.5 Å². The van der Waals surface area contributed by atoms with Crippen molar-refractivity contribution in [1.82, 2.24) is 14.5 Å². The lowest BCUT2D eigenvalue weighted by Crippen LogP contribution is -2.35. The number of imidazole rings is 1. The molecule has 1 N–H and O–H groups in total. The van der Waals surface area contributed by atoms with Gasteiger partial charge in [0, 0.05) is 30.9 Å². The molecule has 2 aliphatic heterocycles. The summed E-state index contributed by atoms with van der Waals surface area (Å²) >= 11 is 0. The van der Waals surface area contributed by atoms with E-state index in [1.165, 1.54) is 6.07 Å². The first kappa shape index (κ1) is 25.2. The molecular weight excluding hydrogens is 495 g/mol. The molecular formula is C31H29FN4O3. The minimum atomic E-state index is -0.990. The van der Waals surface area contributed by atoms with Gasteiger partial charge in [-0.1, -0.05) is 36.4 Å². The van der Waals surface area contributed by atoms with Crippen molar-refractivity contribution in [3.63, 3.8) is 0 Å². The summed E-state index contributed by atoms with van der Waals surface area (Å²) in [7, 11) is 1.60. The molecule has 6 rings (SSSR count). The van der Waals surface area contributed by atoms with E-state index in [2.05, 4.69) is 20.9 Å². The zero-order chi connectivity index (χ0) is 26.9. The van der Waals surface area contributed by atoms with Gasteiger partial charge in [-0.2, -0.15) is 0 Å². The van der Waals surface area contributed by atoms with Gasteiger partial charge in [-0.25, -0.2) is 9.37 Å². The van der Waals surface area contributed by atoms with E-state index >= 15 is 4.39 Å². The Labute approximate surface area is 226 Å². The second kappa shape index (κ2) is 10.6. The molecule has 0 radical (unpaired) electrons. The summed E-state index contributed by atoms with van der Waals surface area (Å²) in [6, 6.07) is 19.3. The molecule has 1 aromatic heterocycles. The topological polar surface area (TPSA) is 80.0 Å². The first-order valence-corrected chi connectivity index (χ1v) is 13.1. The van der Waals surface area contributed by atoms with Crippen LogP contribution in [0.25, 0.3) is 16.8 Å². The third-order valence-electron chi connectivity index (χ3n) is 7.55. The number of hydrogen-bond acceptors (Lipinski definition) is 6. The number of aliphatic imine (C=N–C) groups is 1. The van der Waals surface area contributed by atoms with Gasteiger partial charge in [-0.3, -0.25) is 19.3 Å². The van der Waals surface area contributed by atoms with Crippen molar-refractivity contribution in [3.05, 3.63) is 101 Å². The van der Waals surface area contributed by atoms with Crippen LogP contribution in [-0.2, 0) is 6.54 Å². The van der Waals surface area contributed by atoms with Crippen molar-refractivity contribution >= 4 is 12.0 Å². The highest BCUT2D eigenvalue weighted by molar-refractivity contribution is 6.08. The van der Waals surface area contributed by atoms with Crippen LogP contribution in [0.2, 0.25) is 0 Å². The SMILES string of the molecule is COc1ccc(-n2cnc3c2C(=O)C(c2ccc(-c4ccccc4CN4CCC(O)CC4)cc2F)N=C3)cc1. The molecule has 2 aliphatic rings. The van der Waals surface area contributed by atoms with Crippen LogP contribution in [0.3, 0.4) is 0 Å². The van der Waals surface area contributed by atoms with E-state index in [-0.39, 0.29) is 17.5 Å². The summed E-state index contributed by atoms with van der Waals surface area (Å²) in [5.74, 6) is -0.0741. The molecule has 1 saturated heterocycles. The molecule has 4 aromatic rings. The average molecular weight is 525 g/mol. The molecule has 0 spiro atoms. The quantitative estimate of drug-likeness (QED) is 0.384. The number of piperidine rings is 1. The number of halogens is 1. The summed E-state index contributed by atoms with van der Waals surface area (Å²) in [5.41, 5.74) is 4.62. The molecule has 39 heavy (non-hydrogen) atoms. The van der Waals surface area contributed by atoms with E-state index in [1.54, 1.807) is 30.3 Å². The fourth-order valence-corrected chi connectivity index (χ4v) is 5.38. The fraction of sp³-hybridized carbons (Fsp3) is 0.258. The maximum absolute atomic E-state index is 15.6. The molecule has 1 unspecified atom stereocenters. The van der Waals surface area contributed by atoms with Gasteiger partial charge in [-0.05, 0) is 59.9 Å². The first-order chi connectivity index (χ1) is 19.0. The summed E-state index contributed by atoms with van der Waals surface area (Å²) in [4.78, 5) is 24.7. The number of aliphatic hydroxyl groups is 1. The first-order valence-electron chi connectivity index (χ1n) is 13.1. The highest BCUT2D eigenvalue weighted by Gasteiger charge is 2.32. The predicted molar refractivity (Wildman–Crippen MR) is 147 cm³/mol. The van der Waals surface area contributed by atoms with Crippen molar-refractivity contribution in [3.8, 4) is 22.6 Å². The molecule has 0 amide bonds. The van der Waals surface area contributed by atoms with Gasteiger partial charge < -0.3 is 9.84 Å². The monoisotopic (exact) mass is 524 g/mol. The minimum absolute atomic E-state index is 0.228. The number of nitrogens with zero attached hydrogens (tertiary/aromatic N) is 4. The normalized spacial score (nSPS) is 17.8. The summed E-state index contributed by atoms with van der Waals surface area (Å²) in [5, 5.41) is 9.83. The van der Waals surface area contributed by atoms with Crippen LogP contribution >= 0.6 is 0 Å². The second-order valence-electron chi connectivity index (χ2n) is 9.99. The summed E-state index contributed by atoms with van der Waals surface area (Å²) in [6.07, 6.45) is 4.42. The number of methoxy groups -OCH3 is 1. The smallest absolute Gasteiger partial charge is 0.210 e. The van der Waals surface area contributed by atoms with E-state index < -0.39 is 11.9 Å². The number of ketones is 1. The van der Waals surface area contributed by atoms with E-state index in [0.29, 0.717) is 17.1 Å². The number of likely N-dealkylation sites (tertiary alicyclic amines) is 1. The lowest BCUT2D eigenvalue weighted by atomic mass is 9.93. The molecule has 0 aliphatic carbocycles. The Morgan fingerprint density at radius 1 is 1.05 bits per heavy atom. The van der Waals surface area contributed by atoms with Crippen LogP contribution in [0.1, 0.15) is 46.2 Å². The fourth-order valence-electron chi connectivity index (χ4n) is 5.38. The number of rotatable bonds is 6. The number of carbonyl (C=O) groups excluding carboxylic acids is 1. The molecule has 8 heteroatoms. The Bertz CT molecular complexity index is 1540. The number of benzene rings is 3. The van der Waals surface area contributed by atoms with Crippen molar-refractivity contribution in [2.24, 2.45) is 4.99 Å². The van der Waals surface area contributed by atoms with Crippen LogP contribution in [0, 0.1) is 5.82 Å². The van der Waals surface area contributed by atoms with Gasteiger partial charge >= 0.3 is 0 Å². The second-order valence-corrected chi connectivity index (χ2v) is 9.99. The zero-order valence-electron chi connectivity index (χ0n) is 21.6. The third kappa shape index (κ3) is 4.89. The highest BCUT2D eigenvalue weighted by atomic mass is 19.1. The number of aromatic nitrogens is 2. The number of Topliss-reactive ketones (excluding diaryl/α,β-unsaturated/α-hetero) is 1. The van der Waals surface area contributed by atoms with Crippen LogP contribution in [0.5, 0.6) is 5.75 Å². The molecule has 3 heterocycles.